The minimum atomic E-state index is -0.00615. The molecule has 0 saturated heterocycles. The molecule has 0 unspecified atom stereocenters. The molecule has 3 aromatic heterocycles. The minimum Gasteiger partial charge on any atom is -0.493 e. The second-order valence-corrected chi connectivity index (χ2v) is 6.42. The van der Waals surface area contributed by atoms with Crippen LogP contribution in [-0.4, -0.2) is 51.8 Å². The number of ether oxygens (including phenoxy) is 3. The predicted octanol–water partition coefficient (Wildman–Crippen LogP) is 4.18. The van der Waals surface area contributed by atoms with Gasteiger partial charge in [0, 0.05) is 12.1 Å². The molecule has 0 bridgehead atoms. The fourth-order valence-corrected chi connectivity index (χ4v) is 3.20. The summed E-state index contributed by atoms with van der Waals surface area (Å²) >= 11 is 6.01. The van der Waals surface area contributed by atoms with E-state index >= 15 is 0 Å². The summed E-state index contributed by atoms with van der Waals surface area (Å²) in [5, 5.41) is 7.15. The Labute approximate surface area is 189 Å². The normalized spacial score (nSPS) is 10.3. The molecule has 4 rings (SSSR count). The van der Waals surface area contributed by atoms with Gasteiger partial charge in [-0.15, -0.1) is 5.10 Å². The third kappa shape index (κ3) is 4.30. The molecule has 0 aliphatic carbocycles. The molecule has 4 aromatic rings. The van der Waals surface area contributed by atoms with E-state index in [0.717, 1.165) is 5.69 Å². The number of hydrogen-bond acceptors (Lipinski definition) is 8. The first-order valence-electron chi connectivity index (χ1n) is 9.69. The quantitative estimate of drug-likeness (QED) is 0.411. The SMILES string of the molecule is CC.COc1cc(-n2cnc(Nc3nc(Cl)nn4c(C=O)ccc34)c2)cc(OC)c1OC. The lowest BCUT2D eigenvalue weighted by atomic mass is 10.2. The Hall–Kier alpha value is -3.79. The Kier molecular flexibility index (Phi) is 7.16. The van der Waals surface area contributed by atoms with Crippen LogP contribution in [0.5, 0.6) is 17.2 Å². The Morgan fingerprint density at radius 3 is 2.34 bits per heavy atom. The maximum Gasteiger partial charge on any atom is 0.243 e. The molecule has 0 aliphatic heterocycles. The molecule has 3 heterocycles. The summed E-state index contributed by atoms with van der Waals surface area (Å²) in [6.07, 6.45) is 4.08. The van der Waals surface area contributed by atoms with Gasteiger partial charge in [0.15, 0.2) is 23.6 Å². The number of benzene rings is 1. The van der Waals surface area contributed by atoms with Crippen LogP contribution in [0.25, 0.3) is 11.2 Å². The van der Waals surface area contributed by atoms with Crippen molar-refractivity contribution in [3.63, 3.8) is 0 Å². The first-order chi connectivity index (χ1) is 15.6. The highest BCUT2D eigenvalue weighted by Gasteiger charge is 2.15. The van der Waals surface area contributed by atoms with E-state index in [1.807, 2.05) is 13.8 Å². The van der Waals surface area contributed by atoms with Crippen LogP contribution in [0.3, 0.4) is 0 Å². The molecule has 0 atom stereocenters. The number of aromatic nitrogens is 5. The lowest BCUT2D eigenvalue weighted by molar-refractivity contribution is 0.111. The molecule has 10 nitrogen and oxygen atoms in total. The Balaban J connectivity index is 0.00000141. The number of imidazole rings is 1. The first kappa shape index (κ1) is 22.9. The van der Waals surface area contributed by atoms with Gasteiger partial charge in [-0.2, -0.15) is 4.98 Å². The average Bonchev–Trinajstić information content (AvgIpc) is 3.46. The van der Waals surface area contributed by atoms with E-state index in [1.54, 1.807) is 62.7 Å². The van der Waals surface area contributed by atoms with Gasteiger partial charge in [0.1, 0.15) is 23.4 Å². The summed E-state index contributed by atoms with van der Waals surface area (Å²) in [5.74, 6) is 2.47. The van der Waals surface area contributed by atoms with Gasteiger partial charge in [0.05, 0.1) is 33.2 Å². The zero-order chi connectivity index (χ0) is 23.3. The van der Waals surface area contributed by atoms with E-state index in [9.17, 15) is 4.79 Å². The van der Waals surface area contributed by atoms with Crippen molar-refractivity contribution >= 4 is 35.0 Å². The number of aldehydes is 1. The molecule has 0 radical (unpaired) electrons. The van der Waals surface area contributed by atoms with Gasteiger partial charge in [-0.3, -0.25) is 4.79 Å². The lowest BCUT2D eigenvalue weighted by Crippen LogP contribution is -2.03. The van der Waals surface area contributed by atoms with E-state index in [-0.39, 0.29) is 5.28 Å². The largest absolute Gasteiger partial charge is 0.493 e. The molecule has 32 heavy (non-hydrogen) atoms. The average molecular weight is 459 g/mol. The topological polar surface area (TPSA) is 105 Å². The van der Waals surface area contributed by atoms with E-state index in [4.69, 9.17) is 25.8 Å². The molecular weight excluding hydrogens is 436 g/mol. The van der Waals surface area contributed by atoms with Crippen LogP contribution in [0.2, 0.25) is 5.28 Å². The highest BCUT2D eigenvalue weighted by atomic mass is 35.5. The van der Waals surface area contributed by atoms with E-state index in [2.05, 4.69) is 20.4 Å². The van der Waals surface area contributed by atoms with Crippen molar-refractivity contribution in [3.8, 4) is 22.9 Å². The Morgan fingerprint density at radius 1 is 1.06 bits per heavy atom. The number of carbonyl (C=O) groups excluding carboxylic acids is 1. The van der Waals surface area contributed by atoms with Crippen LogP contribution in [0, 0.1) is 0 Å². The van der Waals surface area contributed by atoms with Crippen LogP contribution >= 0.6 is 11.6 Å². The molecule has 168 valence electrons. The van der Waals surface area contributed by atoms with E-state index in [0.29, 0.717) is 46.4 Å². The summed E-state index contributed by atoms with van der Waals surface area (Å²) in [7, 11) is 4.65. The number of carbonyl (C=O) groups is 1. The van der Waals surface area contributed by atoms with Crippen molar-refractivity contribution in [1.82, 2.24) is 24.1 Å². The number of anilines is 2. The van der Waals surface area contributed by atoms with Crippen LogP contribution in [0.1, 0.15) is 24.3 Å². The fraction of sp³-hybridized carbons (Fsp3) is 0.238. The number of methoxy groups -OCH3 is 3. The molecule has 0 spiro atoms. The zero-order valence-electron chi connectivity index (χ0n) is 18.3. The highest BCUT2D eigenvalue weighted by Crippen LogP contribution is 2.39. The second kappa shape index (κ2) is 10.0. The number of halogens is 1. The van der Waals surface area contributed by atoms with Crippen molar-refractivity contribution in [2.24, 2.45) is 0 Å². The van der Waals surface area contributed by atoms with Crippen molar-refractivity contribution in [1.29, 1.82) is 0 Å². The Morgan fingerprint density at radius 2 is 1.75 bits per heavy atom. The van der Waals surface area contributed by atoms with Gasteiger partial charge >= 0.3 is 0 Å². The van der Waals surface area contributed by atoms with Crippen molar-refractivity contribution in [3.05, 3.63) is 47.8 Å². The standard InChI is InChI=1S/C19H17ClN6O4.C2H6/c1-28-14-6-12(7-15(29-2)17(14)30-3)25-8-16(21-10-25)22-18-13-5-4-11(9-27)26(13)24-19(20)23-18;1-2/h4-10H,1-3H3,(H,22,23,24);1-2H3. The third-order valence-electron chi connectivity index (χ3n) is 4.41. The van der Waals surface area contributed by atoms with Crippen molar-refractivity contribution < 1.29 is 19.0 Å². The third-order valence-corrected chi connectivity index (χ3v) is 4.57. The summed E-state index contributed by atoms with van der Waals surface area (Å²) in [5.41, 5.74) is 1.70. The maximum absolute atomic E-state index is 11.2. The summed E-state index contributed by atoms with van der Waals surface area (Å²) < 4.78 is 19.4. The van der Waals surface area contributed by atoms with Crippen molar-refractivity contribution in [2.45, 2.75) is 13.8 Å². The van der Waals surface area contributed by atoms with Gasteiger partial charge in [0.25, 0.3) is 0 Å². The summed E-state index contributed by atoms with van der Waals surface area (Å²) in [6.45, 7) is 4.00. The van der Waals surface area contributed by atoms with Gasteiger partial charge < -0.3 is 24.1 Å². The number of fused-ring (bicyclic) bond motifs is 1. The van der Waals surface area contributed by atoms with Gasteiger partial charge in [0.2, 0.25) is 11.0 Å². The van der Waals surface area contributed by atoms with Gasteiger partial charge in [-0.25, -0.2) is 9.50 Å². The molecule has 1 aromatic carbocycles. The van der Waals surface area contributed by atoms with E-state index in [1.165, 1.54) is 4.52 Å². The first-order valence-corrected chi connectivity index (χ1v) is 10.1. The molecule has 1 N–H and O–H groups in total. The van der Waals surface area contributed by atoms with Gasteiger partial charge in [-0.05, 0) is 23.7 Å². The minimum absolute atomic E-state index is 0.00615. The van der Waals surface area contributed by atoms with Crippen LogP contribution in [0.15, 0.2) is 36.8 Å². The molecule has 0 amide bonds. The van der Waals surface area contributed by atoms with Crippen molar-refractivity contribution in [2.75, 3.05) is 26.6 Å². The molecule has 0 aliphatic rings. The maximum atomic E-state index is 11.2. The summed E-state index contributed by atoms with van der Waals surface area (Å²) in [6, 6.07) is 6.96. The molecule has 0 fully saturated rings. The number of nitrogens with zero attached hydrogens (tertiary/aromatic N) is 5. The lowest BCUT2D eigenvalue weighted by Gasteiger charge is -2.14. The second-order valence-electron chi connectivity index (χ2n) is 6.08. The number of nitrogens with one attached hydrogen (secondary N) is 1. The predicted molar refractivity (Wildman–Crippen MR) is 121 cm³/mol. The molecular formula is C21H23ClN6O4. The van der Waals surface area contributed by atoms with E-state index < -0.39 is 0 Å². The zero-order valence-corrected chi connectivity index (χ0v) is 19.0. The smallest absolute Gasteiger partial charge is 0.243 e. The number of hydrogen-bond donors (Lipinski definition) is 1. The fourth-order valence-electron chi connectivity index (χ4n) is 3.04. The molecule has 0 saturated carbocycles. The monoisotopic (exact) mass is 458 g/mol. The van der Waals surface area contributed by atoms with Crippen LogP contribution in [0.4, 0.5) is 11.6 Å². The van der Waals surface area contributed by atoms with Gasteiger partial charge in [-0.1, -0.05) is 13.8 Å². The highest BCUT2D eigenvalue weighted by molar-refractivity contribution is 6.28. The Bertz CT molecular complexity index is 1210. The van der Waals surface area contributed by atoms with Crippen LogP contribution < -0.4 is 19.5 Å². The van der Waals surface area contributed by atoms with Crippen LogP contribution in [-0.2, 0) is 0 Å². The number of rotatable bonds is 7. The molecule has 11 heteroatoms. The summed E-state index contributed by atoms with van der Waals surface area (Å²) in [4.78, 5) is 19.7.